The van der Waals surface area contributed by atoms with E-state index in [-0.39, 0.29) is 5.43 Å². The van der Waals surface area contributed by atoms with E-state index in [1.807, 2.05) is 13.8 Å². The van der Waals surface area contributed by atoms with Crippen LogP contribution in [-0.4, -0.2) is 22.5 Å². The van der Waals surface area contributed by atoms with Crippen molar-refractivity contribution in [3.05, 3.63) is 44.7 Å². The van der Waals surface area contributed by atoms with E-state index in [1.165, 1.54) is 19.3 Å². The predicted molar refractivity (Wildman–Crippen MR) is 92.5 cm³/mol. The van der Waals surface area contributed by atoms with Crippen LogP contribution in [0.5, 0.6) is 0 Å². The molecule has 118 valence electrons. The Morgan fingerprint density at radius 3 is 2.64 bits per heavy atom. The van der Waals surface area contributed by atoms with E-state index in [2.05, 4.69) is 35.9 Å². The zero-order chi connectivity index (χ0) is 15.9. The smallest absolute Gasteiger partial charge is 0.194 e. The lowest BCUT2D eigenvalue weighted by molar-refractivity contribution is 0.152. The number of nitrogens with one attached hydrogen (secondary N) is 1. The van der Waals surface area contributed by atoms with E-state index in [9.17, 15) is 4.79 Å². The van der Waals surface area contributed by atoms with Crippen molar-refractivity contribution in [2.75, 3.05) is 6.54 Å². The summed E-state index contributed by atoms with van der Waals surface area (Å²) >= 11 is 0. The molecule has 3 heteroatoms. The fraction of sp³-hybridized carbons (Fsp3) is 0.526. The topological polar surface area (TPSA) is 36.1 Å². The Morgan fingerprint density at radius 2 is 1.91 bits per heavy atom. The van der Waals surface area contributed by atoms with Crippen LogP contribution in [0.25, 0.3) is 10.9 Å². The molecule has 1 N–H and O–H groups in total. The quantitative estimate of drug-likeness (QED) is 0.914. The maximum absolute atomic E-state index is 13.1. The number of aryl methyl sites for hydroxylation is 3. The first-order valence-corrected chi connectivity index (χ1v) is 8.34. The number of likely N-dealkylation sites (tertiary alicyclic amines) is 1. The van der Waals surface area contributed by atoms with Gasteiger partial charge in [0.2, 0.25) is 0 Å². The Kier molecular flexibility index (Phi) is 4.09. The summed E-state index contributed by atoms with van der Waals surface area (Å²) in [6.45, 7) is 10.3. The van der Waals surface area contributed by atoms with Gasteiger partial charge >= 0.3 is 0 Å². The normalized spacial score (nSPS) is 19.7. The number of pyridine rings is 1. The van der Waals surface area contributed by atoms with Crippen molar-refractivity contribution in [1.82, 2.24) is 9.88 Å². The summed E-state index contributed by atoms with van der Waals surface area (Å²) in [6, 6.07) is 4.71. The number of rotatable bonds is 2. The van der Waals surface area contributed by atoms with Crippen LogP contribution in [0.2, 0.25) is 0 Å². The van der Waals surface area contributed by atoms with Gasteiger partial charge in [-0.1, -0.05) is 18.6 Å². The molecule has 3 rings (SSSR count). The van der Waals surface area contributed by atoms with Crippen molar-refractivity contribution in [1.29, 1.82) is 0 Å². The van der Waals surface area contributed by atoms with Crippen molar-refractivity contribution >= 4 is 10.9 Å². The maximum Gasteiger partial charge on any atom is 0.194 e. The third kappa shape index (κ3) is 2.58. The van der Waals surface area contributed by atoms with Gasteiger partial charge in [0, 0.05) is 29.2 Å². The van der Waals surface area contributed by atoms with Crippen molar-refractivity contribution < 1.29 is 0 Å². The largest absolute Gasteiger partial charge is 0.358 e. The van der Waals surface area contributed by atoms with E-state index >= 15 is 0 Å². The summed E-state index contributed by atoms with van der Waals surface area (Å²) in [5.74, 6) is 0. The monoisotopic (exact) mass is 298 g/mol. The lowest BCUT2D eigenvalue weighted by Crippen LogP contribution is -2.38. The summed E-state index contributed by atoms with van der Waals surface area (Å²) < 4.78 is 0. The number of hydrogen-bond acceptors (Lipinski definition) is 2. The molecule has 0 saturated carbocycles. The molecule has 1 unspecified atom stereocenters. The van der Waals surface area contributed by atoms with Gasteiger partial charge in [0.1, 0.15) is 0 Å². The second-order valence-electron chi connectivity index (χ2n) is 6.82. The summed E-state index contributed by atoms with van der Waals surface area (Å²) in [7, 11) is 0. The van der Waals surface area contributed by atoms with Crippen LogP contribution in [0, 0.1) is 20.8 Å². The molecule has 2 heterocycles. The first-order chi connectivity index (χ1) is 10.5. The average molecular weight is 298 g/mol. The third-order valence-electron chi connectivity index (χ3n) is 5.19. The molecule has 1 aromatic heterocycles. The van der Waals surface area contributed by atoms with Gasteiger partial charge in [0.05, 0.1) is 5.52 Å². The molecule has 0 bridgehead atoms. The highest BCUT2D eigenvalue weighted by atomic mass is 16.1. The Hall–Kier alpha value is -1.61. The van der Waals surface area contributed by atoms with Crippen molar-refractivity contribution in [2.24, 2.45) is 0 Å². The number of benzene rings is 1. The molecule has 1 atom stereocenters. The van der Waals surface area contributed by atoms with E-state index in [0.29, 0.717) is 6.04 Å². The standard InChI is InChI=1S/C19H26N2O/c1-12-8-9-13(2)18-17(12)19(22)16(15(4)20-18)11-21-10-6-5-7-14(21)3/h8-9,14H,5-7,10-11H2,1-4H3,(H,20,22). The summed E-state index contributed by atoms with van der Waals surface area (Å²) in [4.78, 5) is 19.0. The molecule has 3 nitrogen and oxygen atoms in total. The number of aromatic nitrogens is 1. The van der Waals surface area contributed by atoms with E-state index in [0.717, 1.165) is 46.4 Å². The first kappa shape index (κ1) is 15.3. The molecule has 1 fully saturated rings. The van der Waals surface area contributed by atoms with Crippen molar-refractivity contribution in [3.63, 3.8) is 0 Å². The second-order valence-corrected chi connectivity index (χ2v) is 6.82. The first-order valence-electron chi connectivity index (χ1n) is 8.34. The highest BCUT2D eigenvalue weighted by Crippen LogP contribution is 2.22. The molecule has 1 aliphatic heterocycles. The Morgan fingerprint density at radius 1 is 1.18 bits per heavy atom. The Bertz CT molecular complexity index is 760. The molecule has 1 saturated heterocycles. The van der Waals surface area contributed by atoms with E-state index < -0.39 is 0 Å². The van der Waals surface area contributed by atoms with E-state index in [1.54, 1.807) is 0 Å². The zero-order valence-corrected chi connectivity index (χ0v) is 14.1. The molecule has 0 spiro atoms. The predicted octanol–water partition coefficient (Wildman–Crippen LogP) is 3.83. The molecular formula is C19H26N2O. The van der Waals surface area contributed by atoms with Crippen LogP contribution in [0.1, 0.15) is 48.6 Å². The second kappa shape index (κ2) is 5.88. The number of hydrogen-bond donors (Lipinski definition) is 1. The number of piperidine rings is 1. The maximum atomic E-state index is 13.1. The van der Waals surface area contributed by atoms with E-state index in [4.69, 9.17) is 0 Å². The van der Waals surface area contributed by atoms with Crippen LogP contribution in [-0.2, 0) is 6.54 Å². The van der Waals surface area contributed by atoms with Crippen LogP contribution >= 0.6 is 0 Å². The Balaban J connectivity index is 2.10. The summed E-state index contributed by atoms with van der Waals surface area (Å²) in [5, 5.41) is 0.866. The molecule has 0 radical (unpaired) electrons. The van der Waals surface area contributed by atoms with Crippen molar-refractivity contribution in [2.45, 2.75) is 59.5 Å². The third-order valence-corrected chi connectivity index (χ3v) is 5.19. The lowest BCUT2D eigenvalue weighted by Gasteiger charge is -2.33. The van der Waals surface area contributed by atoms with Gasteiger partial charge in [-0.15, -0.1) is 0 Å². The SMILES string of the molecule is Cc1[nH]c2c(C)ccc(C)c2c(=O)c1CN1CCCCC1C. The van der Waals surface area contributed by atoms with Crippen LogP contribution in [0.4, 0.5) is 0 Å². The van der Waals surface area contributed by atoms with Crippen LogP contribution < -0.4 is 5.43 Å². The molecular weight excluding hydrogens is 272 g/mol. The molecule has 1 aliphatic rings. The number of aromatic amines is 1. The molecule has 0 amide bonds. The van der Waals surface area contributed by atoms with Gasteiger partial charge in [0.25, 0.3) is 0 Å². The number of H-pyrrole nitrogens is 1. The van der Waals surface area contributed by atoms with Crippen LogP contribution in [0.15, 0.2) is 16.9 Å². The highest BCUT2D eigenvalue weighted by molar-refractivity contribution is 5.85. The minimum absolute atomic E-state index is 0.213. The average Bonchev–Trinajstić information content (AvgIpc) is 2.49. The molecule has 0 aliphatic carbocycles. The fourth-order valence-corrected chi connectivity index (χ4v) is 3.63. The van der Waals surface area contributed by atoms with Gasteiger partial charge < -0.3 is 4.98 Å². The number of nitrogens with zero attached hydrogens (tertiary/aromatic N) is 1. The van der Waals surface area contributed by atoms with Gasteiger partial charge in [-0.2, -0.15) is 0 Å². The van der Waals surface area contributed by atoms with Gasteiger partial charge in [-0.05, 0) is 58.2 Å². The summed E-state index contributed by atoms with van der Waals surface area (Å²) in [6.07, 6.45) is 3.79. The minimum Gasteiger partial charge on any atom is -0.358 e. The zero-order valence-electron chi connectivity index (χ0n) is 14.1. The number of fused-ring (bicyclic) bond motifs is 1. The molecule has 22 heavy (non-hydrogen) atoms. The van der Waals surface area contributed by atoms with Crippen molar-refractivity contribution in [3.8, 4) is 0 Å². The van der Waals surface area contributed by atoms with Gasteiger partial charge in [0.15, 0.2) is 5.43 Å². The summed E-state index contributed by atoms with van der Waals surface area (Å²) in [5.41, 5.74) is 5.37. The fourth-order valence-electron chi connectivity index (χ4n) is 3.63. The highest BCUT2D eigenvalue weighted by Gasteiger charge is 2.21. The minimum atomic E-state index is 0.213. The Labute approximate surface area is 132 Å². The van der Waals surface area contributed by atoms with Crippen LogP contribution in [0.3, 0.4) is 0 Å². The van der Waals surface area contributed by atoms with Gasteiger partial charge in [-0.3, -0.25) is 9.69 Å². The molecule has 2 aromatic rings. The lowest BCUT2D eigenvalue weighted by atomic mass is 9.99. The van der Waals surface area contributed by atoms with Gasteiger partial charge in [-0.25, -0.2) is 0 Å². The molecule has 1 aromatic carbocycles.